The van der Waals surface area contributed by atoms with E-state index in [9.17, 15) is 26.3 Å². The van der Waals surface area contributed by atoms with Crippen molar-refractivity contribution in [3.8, 4) is 45.2 Å². The predicted molar refractivity (Wildman–Crippen MR) is 144 cm³/mol. The zero-order valence-electron chi connectivity index (χ0n) is 21.4. The van der Waals surface area contributed by atoms with Crippen LogP contribution in [0.3, 0.4) is 0 Å². The quantitative estimate of drug-likeness (QED) is 0.121. The fourth-order valence-corrected chi connectivity index (χ4v) is 4.40. The van der Waals surface area contributed by atoms with Gasteiger partial charge in [0.15, 0.2) is 17.5 Å². The monoisotopic (exact) mass is 542 g/mol. The highest BCUT2D eigenvalue weighted by Gasteiger charge is 2.16. The molecule has 0 atom stereocenters. The second-order valence-corrected chi connectivity index (χ2v) is 9.41. The molecular formula is C34H20F6. The fraction of sp³-hybridized carbons (Fsp3) is 0.0588. The third kappa shape index (κ3) is 5.37. The Hall–Kier alpha value is -4.76. The van der Waals surface area contributed by atoms with Crippen molar-refractivity contribution in [3.63, 3.8) is 0 Å². The lowest BCUT2D eigenvalue weighted by atomic mass is 9.97. The highest BCUT2D eigenvalue weighted by Crippen LogP contribution is 2.31. The maximum absolute atomic E-state index is 15.0. The van der Waals surface area contributed by atoms with E-state index in [0.29, 0.717) is 17.7 Å². The minimum Gasteiger partial charge on any atom is -0.206 e. The molecule has 6 heteroatoms. The molecule has 5 aromatic carbocycles. The molecule has 0 saturated heterocycles. The summed E-state index contributed by atoms with van der Waals surface area (Å²) in [5.74, 6) is -1.03. The topological polar surface area (TPSA) is 0 Å². The lowest BCUT2D eigenvalue weighted by Gasteiger charge is -2.09. The SMILES string of the molecule is Cc1ccc(-c2cc(C)c(C#Cc3ccc(-c4ccc(-c5cc(F)c(F)c(F)c5)c(F)c4)c(F)c3)c(F)c2)cc1. The molecule has 0 fully saturated rings. The Labute approximate surface area is 227 Å². The molecule has 0 heterocycles. The van der Waals surface area contributed by atoms with Crippen LogP contribution in [0, 0.1) is 60.6 Å². The first kappa shape index (κ1) is 26.8. The van der Waals surface area contributed by atoms with Gasteiger partial charge in [-0.2, -0.15) is 0 Å². The summed E-state index contributed by atoms with van der Waals surface area (Å²) in [6.07, 6.45) is 0. The van der Waals surface area contributed by atoms with E-state index in [-0.39, 0.29) is 33.4 Å². The molecule has 40 heavy (non-hydrogen) atoms. The van der Waals surface area contributed by atoms with Crippen LogP contribution in [0.25, 0.3) is 33.4 Å². The molecule has 0 radical (unpaired) electrons. The van der Waals surface area contributed by atoms with Crippen molar-refractivity contribution in [1.29, 1.82) is 0 Å². The van der Waals surface area contributed by atoms with Crippen molar-refractivity contribution < 1.29 is 26.3 Å². The zero-order valence-corrected chi connectivity index (χ0v) is 21.4. The van der Waals surface area contributed by atoms with E-state index < -0.39 is 34.9 Å². The fourth-order valence-electron chi connectivity index (χ4n) is 4.40. The summed E-state index contributed by atoms with van der Waals surface area (Å²) < 4.78 is 85.2. The van der Waals surface area contributed by atoms with Crippen LogP contribution in [-0.4, -0.2) is 0 Å². The third-order valence-electron chi connectivity index (χ3n) is 6.55. The molecule has 0 aliphatic heterocycles. The minimum absolute atomic E-state index is 0.0669. The predicted octanol–water partition coefficient (Wildman–Crippen LogP) is 9.54. The lowest BCUT2D eigenvalue weighted by Crippen LogP contribution is -1.94. The Morgan fingerprint density at radius 2 is 1.00 bits per heavy atom. The average molecular weight is 543 g/mol. The number of benzene rings is 5. The van der Waals surface area contributed by atoms with Crippen LogP contribution in [0.15, 0.2) is 84.9 Å². The summed E-state index contributed by atoms with van der Waals surface area (Å²) in [7, 11) is 0. The van der Waals surface area contributed by atoms with Crippen LogP contribution >= 0.6 is 0 Å². The van der Waals surface area contributed by atoms with Crippen LogP contribution in [0.1, 0.15) is 22.3 Å². The Morgan fingerprint density at radius 3 is 1.62 bits per heavy atom. The number of aryl methyl sites for hydroxylation is 2. The number of halogens is 6. The van der Waals surface area contributed by atoms with Gasteiger partial charge >= 0.3 is 0 Å². The van der Waals surface area contributed by atoms with Gasteiger partial charge in [-0.3, -0.25) is 0 Å². The first-order valence-electron chi connectivity index (χ1n) is 12.2. The van der Waals surface area contributed by atoms with E-state index >= 15 is 0 Å². The largest absolute Gasteiger partial charge is 0.206 e. The van der Waals surface area contributed by atoms with Gasteiger partial charge in [0.1, 0.15) is 17.5 Å². The van der Waals surface area contributed by atoms with Crippen molar-refractivity contribution in [2.75, 3.05) is 0 Å². The molecule has 198 valence electrons. The second-order valence-electron chi connectivity index (χ2n) is 9.41. The Bertz CT molecular complexity index is 1780. The van der Waals surface area contributed by atoms with Gasteiger partial charge in [-0.15, -0.1) is 0 Å². The molecule has 0 nitrogen and oxygen atoms in total. The second kappa shape index (κ2) is 10.8. The first-order chi connectivity index (χ1) is 19.1. The number of hydrogen-bond acceptors (Lipinski definition) is 0. The standard InChI is InChI=1S/C34H20F6/c1-19-3-7-22(8-4-19)24-13-20(2)26(30(36)16-24)10-5-21-6-11-27(29(35)14-21)23-9-12-28(31(37)15-23)25-17-32(38)34(40)33(39)18-25/h3-4,6-9,11-18H,1-2H3. The van der Waals surface area contributed by atoms with E-state index in [0.717, 1.165) is 28.8 Å². The molecule has 0 unspecified atom stereocenters. The van der Waals surface area contributed by atoms with Crippen LogP contribution in [0.2, 0.25) is 0 Å². The van der Waals surface area contributed by atoms with Gasteiger partial charge in [-0.25, -0.2) is 26.3 Å². The highest BCUT2D eigenvalue weighted by atomic mass is 19.2. The normalized spacial score (nSPS) is 10.8. The molecule has 0 bridgehead atoms. The molecule has 0 aromatic heterocycles. The summed E-state index contributed by atoms with van der Waals surface area (Å²) in [5.41, 5.74) is 3.71. The summed E-state index contributed by atoms with van der Waals surface area (Å²) in [4.78, 5) is 0. The molecular weight excluding hydrogens is 522 g/mol. The molecule has 5 aromatic rings. The average Bonchev–Trinajstić information content (AvgIpc) is 2.91. The number of rotatable bonds is 3. The van der Waals surface area contributed by atoms with Crippen molar-refractivity contribution in [2.24, 2.45) is 0 Å². The van der Waals surface area contributed by atoms with Gasteiger partial charge in [0, 0.05) is 16.7 Å². The van der Waals surface area contributed by atoms with Gasteiger partial charge in [0.05, 0.1) is 5.56 Å². The van der Waals surface area contributed by atoms with E-state index in [4.69, 9.17) is 0 Å². The van der Waals surface area contributed by atoms with Crippen LogP contribution in [0.5, 0.6) is 0 Å². The summed E-state index contributed by atoms with van der Waals surface area (Å²) >= 11 is 0. The molecule has 0 aliphatic carbocycles. The first-order valence-corrected chi connectivity index (χ1v) is 12.2. The third-order valence-corrected chi connectivity index (χ3v) is 6.55. The molecule has 0 saturated carbocycles. The van der Waals surface area contributed by atoms with Crippen molar-refractivity contribution >= 4 is 0 Å². The molecule has 0 spiro atoms. The van der Waals surface area contributed by atoms with Crippen molar-refractivity contribution in [1.82, 2.24) is 0 Å². The van der Waals surface area contributed by atoms with E-state index in [2.05, 4.69) is 11.8 Å². The van der Waals surface area contributed by atoms with E-state index in [1.54, 1.807) is 6.92 Å². The zero-order chi connectivity index (χ0) is 28.6. The molecule has 0 N–H and O–H groups in total. The summed E-state index contributed by atoms with van der Waals surface area (Å²) in [6, 6.07) is 20.1. The van der Waals surface area contributed by atoms with Crippen molar-refractivity contribution in [2.45, 2.75) is 13.8 Å². The Balaban J connectivity index is 1.41. The highest BCUT2D eigenvalue weighted by molar-refractivity contribution is 5.72. The maximum atomic E-state index is 15.0. The summed E-state index contributed by atoms with van der Waals surface area (Å²) in [5, 5.41) is 0. The molecule has 0 aliphatic rings. The van der Waals surface area contributed by atoms with Gasteiger partial charge in [-0.1, -0.05) is 59.9 Å². The Kier molecular flexibility index (Phi) is 7.23. The number of hydrogen-bond donors (Lipinski definition) is 0. The van der Waals surface area contributed by atoms with Crippen LogP contribution in [0.4, 0.5) is 26.3 Å². The summed E-state index contributed by atoms with van der Waals surface area (Å²) in [6.45, 7) is 3.72. The molecule has 0 amide bonds. The Morgan fingerprint density at radius 1 is 0.450 bits per heavy atom. The van der Waals surface area contributed by atoms with Gasteiger partial charge < -0.3 is 0 Å². The van der Waals surface area contributed by atoms with Gasteiger partial charge in [-0.05, 0) is 84.1 Å². The van der Waals surface area contributed by atoms with Gasteiger partial charge in [0.25, 0.3) is 0 Å². The van der Waals surface area contributed by atoms with E-state index in [1.807, 2.05) is 37.3 Å². The van der Waals surface area contributed by atoms with E-state index in [1.165, 1.54) is 30.3 Å². The van der Waals surface area contributed by atoms with Crippen LogP contribution < -0.4 is 0 Å². The smallest absolute Gasteiger partial charge is 0.194 e. The van der Waals surface area contributed by atoms with Crippen LogP contribution in [-0.2, 0) is 0 Å². The molecule has 5 rings (SSSR count). The maximum Gasteiger partial charge on any atom is 0.194 e. The van der Waals surface area contributed by atoms with Crippen molar-refractivity contribution in [3.05, 3.63) is 142 Å². The minimum atomic E-state index is -1.65. The van der Waals surface area contributed by atoms with Gasteiger partial charge in [0.2, 0.25) is 0 Å². The lowest BCUT2D eigenvalue weighted by molar-refractivity contribution is 0.447.